The molecular formula is C35H54O16S2. The Morgan fingerprint density at radius 3 is 2.28 bits per heavy atom. The lowest BCUT2D eigenvalue weighted by molar-refractivity contribution is -0.316. The standard InChI is InChI=1S/C35H54O16S2/c1-7-8-19(4)46-17-25-28(50-52(40,41)42)29(51-53(43,44)45)30(49-27(36)13-18(2)3)33(48-25)47-22-14-23(32(38)39)24-11-12-35-15-21(20(5)31(35)37)9-10-26(35)34(24,6)16-22/h18,21-26,28-31,33,37H,4-5,7-17H2,1-3,6H3,(H,38,39)(H,40,41,42)(H,43,44,45)/t21?,22?,23?,24?,25-,26?,28+,29-,30?,31-,33+,34?,35?/m0/s1. The van der Waals surface area contributed by atoms with Gasteiger partial charge in [0.25, 0.3) is 0 Å². The molecule has 0 aromatic carbocycles. The monoisotopic (exact) mass is 794 g/mol. The predicted octanol–water partition coefficient (Wildman–Crippen LogP) is 4.01. The highest BCUT2D eigenvalue weighted by Gasteiger charge is 2.67. The fourth-order valence-electron chi connectivity index (χ4n) is 10.4. The van der Waals surface area contributed by atoms with Crippen LogP contribution in [-0.2, 0) is 57.7 Å². The quantitative estimate of drug-likeness (QED) is 0.0602. The molecule has 13 atom stereocenters. The van der Waals surface area contributed by atoms with Gasteiger partial charge < -0.3 is 29.2 Å². The molecule has 4 aliphatic carbocycles. The summed E-state index contributed by atoms with van der Waals surface area (Å²) in [6.07, 6.45) is -6.45. The van der Waals surface area contributed by atoms with Gasteiger partial charge in [-0.3, -0.25) is 18.7 Å². The van der Waals surface area contributed by atoms with Crippen molar-refractivity contribution in [2.45, 2.75) is 135 Å². The van der Waals surface area contributed by atoms with E-state index in [2.05, 4.69) is 13.2 Å². The number of fused-ring (bicyclic) bond motifs is 3. The summed E-state index contributed by atoms with van der Waals surface area (Å²) in [5.74, 6) is -2.93. The number of esters is 1. The number of aliphatic carboxylic acids is 1. The van der Waals surface area contributed by atoms with Crippen LogP contribution in [0.25, 0.3) is 0 Å². The number of hydrogen-bond donors (Lipinski definition) is 4. The Balaban J connectivity index is 1.54. The van der Waals surface area contributed by atoms with Gasteiger partial charge in [-0.25, -0.2) is 8.37 Å². The summed E-state index contributed by atoms with van der Waals surface area (Å²) in [6.45, 7) is 14.8. The molecule has 4 N–H and O–H groups in total. The minimum Gasteiger partial charge on any atom is -0.496 e. The van der Waals surface area contributed by atoms with E-state index in [0.29, 0.717) is 32.1 Å². The maximum absolute atomic E-state index is 13.1. The summed E-state index contributed by atoms with van der Waals surface area (Å²) < 4.78 is 102. The van der Waals surface area contributed by atoms with Crippen LogP contribution < -0.4 is 0 Å². The first-order chi connectivity index (χ1) is 24.6. The summed E-state index contributed by atoms with van der Waals surface area (Å²) >= 11 is 0. The number of carbonyl (C=O) groups is 2. The third-order valence-corrected chi connectivity index (χ3v) is 13.2. The van der Waals surface area contributed by atoms with E-state index in [0.717, 1.165) is 24.8 Å². The number of carboxylic acid groups (broad SMARTS) is 1. The van der Waals surface area contributed by atoms with E-state index in [-0.39, 0.29) is 42.3 Å². The fraction of sp³-hybridized carbons (Fsp3) is 0.829. The Morgan fingerprint density at radius 2 is 1.68 bits per heavy atom. The molecule has 53 heavy (non-hydrogen) atoms. The topological polar surface area (TPSA) is 239 Å². The molecule has 18 heteroatoms. The highest BCUT2D eigenvalue weighted by molar-refractivity contribution is 7.81. The molecule has 302 valence electrons. The van der Waals surface area contributed by atoms with Gasteiger partial charge >= 0.3 is 32.7 Å². The lowest BCUT2D eigenvalue weighted by atomic mass is 9.43. The molecule has 5 rings (SSSR count). The van der Waals surface area contributed by atoms with E-state index in [4.69, 9.17) is 27.3 Å². The minimum atomic E-state index is -5.42. The third-order valence-electron chi connectivity index (χ3n) is 12.3. The van der Waals surface area contributed by atoms with Crippen molar-refractivity contribution in [3.63, 3.8) is 0 Å². The third kappa shape index (κ3) is 8.96. The zero-order valence-corrected chi connectivity index (χ0v) is 32.3. The highest BCUT2D eigenvalue weighted by Crippen LogP contribution is 2.70. The molecule has 8 unspecified atom stereocenters. The second kappa shape index (κ2) is 15.8. The van der Waals surface area contributed by atoms with Gasteiger partial charge in [0, 0.05) is 18.3 Å². The SMILES string of the molecule is C=C(CCC)OC[C@@H]1O[C@@H](OC2CC(C(=O)O)C3CCC45CC(CCC4C3(C)C2)C(=C)[C@@H]5O)C(OC(=O)CC(C)C)[C@@H](OS(=O)(=O)O)[C@@H]1OS(=O)(=O)O. The van der Waals surface area contributed by atoms with Crippen molar-refractivity contribution in [3.8, 4) is 0 Å². The Morgan fingerprint density at radius 1 is 1.02 bits per heavy atom. The van der Waals surface area contributed by atoms with Gasteiger partial charge in [0.1, 0.15) is 18.8 Å². The molecule has 2 bridgehead atoms. The van der Waals surface area contributed by atoms with Crippen LogP contribution in [0.2, 0.25) is 0 Å². The number of aliphatic hydroxyl groups is 1. The first kappa shape index (κ1) is 42.0. The summed E-state index contributed by atoms with van der Waals surface area (Å²) in [7, 11) is -10.8. The van der Waals surface area contributed by atoms with Crippen LogP contribution in [0.1, 0.15) is 91.9 Å². The lowest BCUT2D eigenvalue weighted by Gasteiger charge is -2.62. The van der Waals surface area contributed by atoms with Crippen LogP contribution in [0, 0.1) is 40.4 Å². The lowest BCUT2D eigenvalue weighted by Crippen LogP contribution is -2.64. The van der Waals surface area contributed by atoms with Crippen LogP contribution in [0.15, 0.2) is 24.5 Å². The molecule has 1 spiro atoms. The van der Waals surface area contributed by atoms with Crippen LogP contribution in [0.5, 0.6) is 0 Å². The minimum absolute atomic E-state index is 0.00294. The number of carbonyl (C=O) groups excluding carboxylic acids is 1. The zero-order chi connectivity index (χ0) is 39.3. The first-order valence-corrected chi connectivity index (χ1v) is 21.0. The smallest absolute Gasteiger partial charge is 0.397 e. The molecule has 0 amide bonds. The van der Waals surface area contributed by atoms with Gasteiger partial charge in [0.2, 0.25) is 0 Å². The molecule has 16 nitrogen and oxygen atoms in total. The zero-order valence-electron chi connectivity index (χ0n) is 30.6. The van der Waals surface area contributed by atoms with Gasteiger partial charge in [0.05, 0.1) is 23.9 Å². The number of rotatable bonds is 15. The fourth-order valence-corrected chi connectivity index (χ4v) is 11.4. The van der Waals surface area contributed by atoms with E-state index in [1.807, 2.05) is 13.8 Å². The number of aliphatic hydroxyl groups excluding tert-OH is 1. The molecule has 5 aliphatic rings. The molecule has 5 fully saturated rings. The normalized spacial score (nSPS) is 39.9. The number of allylic oxidation sites excluding steroid dienone is 1. The average molecular weight is 795 g/mol. The molecule has 0 aromatic rings. The molecular weight excluding hydrogens is 741 g/mol. The average Bonchev–Trinajstić information content (AvgIpc) is 3.20. The van der Waals surface area contributed by atoms with E-state index >= 15 is 0 Å². The van der Waals surface area contributed by atoms with Gasteiger partial charge in [-0.1, -0.05) is 40.9 Å². The Kier molecular flexibility index (Phi) is 12.5. The summed E-state index contributed by atoms with van der Waals surface area (Å²) in [6, 6.07) is 0. The van der Waals surface area contributed by atoms with Gasteiger partial charge in [0.15, 0.2) is 18.5 Å². The molecule has 0 aromatic heterocycles. The number of ether oxygens (including phenoxy) is 4. The van der Waals surface area contributed by atoms with Crippen LogP contribution in [0.3, 0.4) is 0 Å². The van der Waals surface area contributed by atoms with Crippen molar-refractivity contribution < 1.29 is 73.1 Å². The summed E-state index contributed by atoms with van der Waals surface area (Å²) in [5, 5.41) is 22.1. The second-order valence-corrected chi connectivity index (χ2v) is 18.3. The van der Waals surface area contributed by atoms with E-state index in [1.165, 1.54) is 0 Å². The molecule has 1 heterocycles. The first-order valence-electron chi connectivity index (χ1n) is 18.3. The Bertz CT molecular complexity index is 1630. The van der Waals surface area contributed by atoms with Gasteiger partial charge in [-0.2, -0.15) is 16.8 Å². The van der Waals surface area contributed by atoms with Crippen molar-refractivity contribution in [2.75, 3.05) is 6.61 Å². The maximum Gasteiger partial charge on any atom is 0.397 e. The Hall–Kier alpha value is -2.16. The Labute approximate surface area is 311 Å². The highest BCUT2D eigenvalue weighted by atomic mass is 32.3. The van der Waals surface area contributed by atoms with Gasteiger partial charge in [-0.05, 0) is 86.0 Å². The van der Waals surface area contributed by atoms with E-state index in [1.54, 1.807) is 13.8 Å². The second-order valence-electron chi connectivity index (χ2n) is 16.2. The van der Waals surface area contributed by atoms with Crippen molar-refractivity contribution in [1.82, 2.24) is 0 Å². The largest absolute Gasteiger partial charge is 0.496 e. The van der Waals surface area contributed by atoms with Crippen molar-refractivity contribution >= 4 is 32.7 Å². The van der Waals surface area contributed by atoms with Gasteiger partial charge in [-0.15, -0.1) is 0 Å². The van der Waals surface area contributed by atoms with Crippen molar-refractivity contribution in [3.05, 3.63) is 24.5 Å². The number of carboxylic acids is 1. The van der Waals surface area contributed by atoms with Crippen LogP contribution >= 0.6 is 0 Å². The van der Waals surface area contributed by atoms with E-state index in [9.17, 15) is 45.7 Å². The van der Waals surface area contributed by atoms with E-state index < -0.39 is 99.0 Å². The molecule has 0 radical (unpaired) electrons. The molecule has 4 saturated carbocycles. The predicted molar refractivity (Wildman–Crippen MR) is 185 cm³/mol. The van der Waals surface area contributed by atoms with Crippen molar-refractivity contribution in [1.29, 1.82) is 0 Å². The number of hydrogen-bond acceptors (Lipinski definition) is 13. The van der Waals surface area contributed by atoms with Crippen LogP contribution in [-0.4, -0.2) is 97.6 Å². The van der Waals surface area contributed by atoms with Crippen LogP contribution in [0.4, 0.5) is 0 Å². The molecule has 1 aliphatic heterocycles. The van der Waals surface area contributed by atoms with Crippen molar-refractivity contribution in [2.24, 2.45) is 40.4 Å². The summed E-state index contributed by atoms with van der Waals surface area (Å²) in [4.78, 5) is 26.1. The molecule has 1 saturated heterocycles. The maximum atomic E-state index is 13.1. The summed E-state index contributed by atoms with van der Waals surface area (Å²) in [5.41, 5.74) is -0.304.